The Bertz CT molecular complexity index is 535. The Hall–Kier alpha value is -2.39. The standard InChI is InChI=1S/C10H7F5N2O3/c11-4-5(12)7(14)9(8(15)6(4)13)17-10(20)16-2-1-3(18)19/h1-2H2,(H,18,19)(H2,16,17,20). The van der Waals surface area contributed by atoms with Crippen LogP contribution in [-0.2, 0) is 4.79 Å². The van der Waals surface area contributed by atoms with E-state index in [9.17, 15) is 31.5 Å². The zero-order valence-electron chi connectivity index (χ0n) is 9.57. The molecule has 0 aromatic heterocycles. The summed E-state index contributed by atoms with van der Waals surface area (Å²) in [5.41, 5.74) is -1.52. The zero-order chi connectivity index (χ0) is 15.4. The molecule has 0 fully saturated rings. The van der Waals surface area contributed by atoms with Gasteiger partial charge in [-0.05, 0) is 0 Å². The third-order valence-corrected chi connectivity index (χ3v) is 2.07. The van der Waals surface area contributed by atoms with Gasteiger partial charge in [0, 0.05) is 6.54 Å². The quantitative estimate of drug-likeness (QED) is 0.452. The van der Waals surface area contributed by atoms with E-state index in [0.717, 1.165) is 0 Å². The summed E-state index contributed by atoms with van der Waals surface area (Å²) in [5, 5.41) is 11.6. The average molecular weight is 298 g/mol. The number of halogens is 5. The molecule has 5 nitrogen and oxygen atoms in total. The molecule has 0 aliphatic heterocycles. The molecule has 2 amide bonds. The number of hydrogen-bond donors (Lipinski definition) is 3. The van der Waals surface area contributed by atoms with Crippen LogP contribution in [-0.4, -0.2) is 23.7 Å². The van der Waals surface area contributed by atoms with Crippen molar-refractivity contribution in [1.29, 1.82) is 0 Å². The highest BCUT2D eigenvalue weighted by molar-refractivity contribution is 5.89. The van der Waals surface area contributed by atoms with Gasteiger partial charge in [0.1, 0.15) is 5.69 Å². The molecule has 0 aliphatic carbocycles. The highest BCUT2D eigenvalue weighted by Crippen LogP contribution is 2.26. The topological polar surface area (TPSA) is 78.4 Å². The summed E-state index contributed by atoms with van der Waals surface area (Å²) >= 11 is 0. The third-order valence-electron chi connectivity index (χ3n) is 2.07. The molecule has 0 spiro atoms. The Morgan fingerprint density at radius 3 is 1.80 bits per heavy atom. The fourth-order valence-electron chi connectivity index (χ4n) is 1.16. The van der Waals surface area contributed by atoms with Crippen LogP contribution in [0.15, 0.2) is 0 Å². The van der Waals surface area contributed by atoms with Crippen LogP contribution >= 0.6 is 0 Å². The first-order valence-electron chi connectivity index (χ1n) is 5.03. The van der Waals surface area contributed by atoms with Crippen LogP contribution in [0.4, 0.5) is 32.4 Å². The van der Waals surface area contributed by atoms with Gasteiger partial charge < -0.3 is 15.7 Å². The van der Waals surface area contributed by atoms with Gasteiger partial charge in [-0.25, -0.2) is 26.7 Å². The molecule has 3 N–H and O–H groups in total. The van der Waals surface area contributed by atoms with Crippen molar-refractivity contribution in [2.24, 2.45) is 0 Å². The monoisotopic (exact) mass is 298 g/mol. The van der Waals surface area contributed by atoms with E-state index in [0.29, 0.717) is 0 Å². The summed E-state index contributed by atoms with van der Waals surface area (Å²) in [6.07, 6.45) is -0.482. The van der Waals surface area contributed by atoms with Gasteiger partial charge in [0.05, 0.1) is 6.42 Å². The molecular weight excluding hydrogens is 291 g/mol. The minimum absolute atomic E-state index is 0.392. The van der Waals surface area contributed by atoms with Crippen LogP contribution in [0.3, 0.4) is 0 Å². The van der Waals surface area contributed by atoms with Crippen LogP contribution in [0.2, 0.25) is 0 Å². The van der Waals surface area contributed by atoms with Crippen LogP contribution < -0.4 is 10.6 Å². The molecular formula is C10H7F5N2O3. The van der Waals surface area contributed by atoms with Gasteiger partial charge >= 0.3 is 12.0 Å². The summed E-state index contributed by atoms with van der Waals surface area (Å²) in [4.78, 5) is 21.3. The number of hydrogen-bond acceptors (Lipinski definition) is 2. The van der Waals surface area contributed by atoms with Gasteiger partial charge in [0.15, 0.2) is 23.3 Å². The molecule has 0 heterocycles. The predicted molar refractivity (Wildman–Crippen MR) is 55.5 cm³/mol. The Kier molecular flexibility index (Phi) is 4.83. The number of urea groups is 1. The van der Waals surface area contributed by atoms with E-state index in [4.69, 9.17) is 5.11 Å². The van der Waals surface area contributed by atoms with Crippen LogP contribution in [0, 0.1) is 29.1 Å². The number of amides is 2. The first kappa shape index (κ1) is 15.7. The van der Waals surface area contributed by atoms with E-state index in [2.05, 4.69) is 0 Å². The van der Waals surface area contributed by atoms with Gasteiger partial charge in [-0.2, -0.15) is 0 Å². The molecule has 0 bridgehead atoms. The summed E-state index contributed by atoms with van der Waals surface area (Å²) in [7, 11) is 0. The molecule has 10 heteroatoms. The zero-order valence-corrected chi connectivity index (χ0v) is 9.57. The Morgan fingerprint density at radius 1 is 0.900 bits per heavy atom. The molecule has 0 aliphatic rings. The van der Waals surface area contributed by atoms with Crippen molar-refractivity contribution in [3.8, 4) is 0 Å². The number of benzene rings is 1. The molecule has 1 rings (SSSR count). The number of carboxylic acid groups (broad SMARTS) is 1. The Labute approximate surface area is 108 Å². The normalized spacial score (nSPS) is 10.2. The lowest BCUT2D eigenvalue weighted by molar-refractivity contribution is -0.136. The maximum absolute atomic E-state index is 13.2. The Balaban J connectivity index is 2.88. The second kappa shape index (κ2) is 6.17. The number of aliphatic carboxylic acids is 1. The Morgan fingerprint density at radius 2 is 1.35 bits per heavy atom. The van der Waals surface area contributed by atoms with E-state index in [1.807, 2.05) is 5.32 Å². The fraction of sp³-hybridized carbons (Fsp3) is 0.200. The second-order valence-electron chi connectivity index (χ2n) is 3.47. The first-order valence-corrected chi connectivity index (χ1v) is 5.03. The van der Waals surface area contributed by atoms with Crippen molar-refractivity contribution in [3.63, 3.8) is 0 Å². The minimum atomic E-state index is -2.35. The smallest absolute Gasteiger partial charge is 0.319 e. The fourth-order valence-corrected chi connectivity index (χ4v) is 1.16. The molecule has 1 aromatic rings. The maximum atomic E-state index is 13.2. The summed E-state index contributed by atoms with van der Waals surface area (Å²) in [5.74, 6) is -12.4. The average Bonchev–Trinajstić information content (AvgIpc) is 2.39. The van der Waals surface area contributed by atoms with Crippen molar-refractivity contribution in [2.45, 2.75) is 6.42 Å². The van der Waals surface area contributed by atoms with E-state index in [1.165, 1.54) is 5.32 Å². The molecule has 0 radical (unpaired) electrons. The van der Waals surface area contributed by atoms with Crippen LogP contribution in [0.25, 0.3) is 0 Å². The first-order chi connectivity index (χ1) is 9.25. The van der Waals surface area contributed by atoms with Crippen molar-refractivity contribution in [1.82, 2.24) is 5.32 Å². The highest BCUT2D eigenvalue weighted by Gasteiger charge is 2.26. The molecule has 0 saturated heterocycles. The summed E-state index contributed by atoms with van der Waals surface area (Å²) in [6.45, 7) is -0.392. The van der Waals surface area contributed by atoms with E-state index in [1.54, 1.807) is 0 Å². The molecule has 20 heavy (non-hydrogen) atoms. The minimum Gasteiger partial charge on any atom is -0.481 e. The lowest BCUT2D eigenvalue weighted by Gasteiger charge is -2.10. The van der Waals surface area contributed by atoms with Gasteiger partial charge in [0.2, 0.25) is 5.82 Å². The highest BCUT2D eigenvalue weighted by atomic mass is 19.2. The SMILES string of the molecule is O=C(O)CCNC(=O)Nc1c(F)c(F)c(F)c(F)c1F. The number of carbonyl (C=O) groups excluding carboxylic acids is 1. The van der Waals surface area contributed by atoms with Crippen molar-refractivity contribution < 1.29 is 36.6 Å². The number of carboxylic acids is 1. The second-order valence-corrected chi connectivity index (χ2v) is 3.47. The maximum Gasteiger partial charge on any atom is 0.319 e. The molecule has 1 aromatic carbocycles. The number of nitrogens with one attached hydrogen (secondary N) is 2. The lowest BCUT2D eigenvalue weighted by Crippen LogP contribution is -2.31. The van der Waals surface area contributed by atoms with E-state index >= 15 is 0 Å². The third kappa shape index (κ3) is 3.33. The summed E-state index contributed by atoms with van der Waals surface area (Å²) < 4.78 is 64.6. The van der Waals surface area contributed by atoms with E-state index < -0.39 is 59.7 Å². The number of carbonyl (C=O) groups is 2. The number of anilines is 1. The van der Waals surface area contributed by atoms with Crippen molar-refractivity contribution >= 4 is 17.7 Å². The lowest BCUT2D eigenvalue weighted by atomic mass is 10.2. The molecule has 0 unspecified atom stereocenters. The van der Waals surface area contributed by atoms with Gasteiger partial charge in [-0.1, -0.05) is 0 Å². The molecule has 0 saturated carbocycles. The van der Waals surface area contributed by atoms with E-state index in [-0.39, 0.29) is 0 Å². The van der Waals surface area contributed by atoms with Crippen molar-refractivity contribution in [2.75, 3.05) is 11.9 Å². The molecule has 110 valence electrons. The van der Waals surface area contributed by atoms with Gasteiger partial charge in [-0.15, -0.1) is 0 Å². The molecule has 0 atom stereocenters. The van der Waals surface area contributed by atoms with Crippen molar-refractivity contribution in [3.05, 3.63) is 29.1 Å². The summed E-state index contributed by atoms with van der Waals surface area (Å²) in [6, 6.07) is -1.31. The van der Waals surface area contributed by atoms with Crippen LogP contribution in [0.5, 0.6) is 0 Å². The van der Waals surface area contributed by atoms with Crippen LogP contribution in [0.1, 0.15) is 6.42 Å². The largest absolute Gasteiger partial charge is 0.481 e. The van der Waals surface area contributed by atoms with Gasteiger partial charge in [-0.3, -0.25) is 4.79 Å². The predicted octanol–water partition coefficient (Wildman–Crippen LogP) is 1.98. The van der Waals surface area contributed by atoms with Gasteiger partial charge in [0.25, 0.3) is 0 Å². The number of rotatable bonds is 4.